The van der Waals surface area contributed by atoms with Gasteiger partial charge in [-0.15, -0.1) is 0 Å². The van der Waals surface area contributed by atoms with E-state index < -0.39 is 60.1 Å². The number of carbonyl (C=O) groups is 5. The largest absolute Gasteiger partial charge is 0.453 e. The highest BCUT2D eigenvalue weighted by atomic mass is 16.7. The Balaban J connectivity index is 1.36. The number of primary amides is 1. The van der Waals surface area contributed by atoms with E-state index in [1.54, 1.807) is 18.2 Å². The molecule has 1 aromatic carbocycles. The summed E-state index contributed by atoms with van der Waals surface area (Å²) >= 11 is 0. The summed E-state index contributed by atoms with van der Waals surface area (Å²) < 4.78 is 9.91. The van der Waals surface area contributed by atoms with E-state index in [9.17, 15) is 29.1 Å². The maximum Gasteiger partial charge on any atom is 0.329 e. The van der Waals surface area contributed by atoms with Crippen molar-refractivity contribution in [3.05, 3.63) is 54.4 Å². The Morgan fingerprint density at radius 1 is 1.13 bits per heavy atom. The summed E-state index contributed by atoms with van der Waals surface area (Å²) in [6, 6.07) is 6.67. The van der Waals surface area contributed by atoms with Crippen LogP contribution in [0.1, 0.15) is 42.6 Å². The van der Waals surface area contributed by atoms with Crippen LogP contribution in [0.2, 0.25) is 0 Å². The third-order valence-corrected chi connectivity index (χ3v) is 7.14. The SMILES string of the molecule is NC(=O)C1(O)OC(=O)CC1OC(=O)C1CCC2CC=CCC(NC(=O)c3nccc4ccccc34)C(=O)N21. The Kier molecular flexibility index (Phi) is 6.57. The van der Waals surface area contributed by atoms with Gasteiger partial charge >= 0.3 is 17.7 Å². The van der Waals surface area contributed by atoms with Gasteiger partial charge in [0.05, 0.1) is 6.42 Å². The third-order valence-electron chi connectivity index (χ3n) is 7.14. The molecule has 1 aromatic heterocycles. The second kappa shape index (κ2) is 9.86. The number of hydrogen-bond acceptors (Lipinski definition) is 9. The maximum absolute atomic E-state index is 13.7. The van der Waals surface area contributed by atoms with Gasteiger partial charge in [-0.1, -0.05) is 36.4 Å². The van der Waals surface area contributed by atoms with E-state index in [2.05, 4.69) is 15.0 Å². The molecule has 198 valence electrons. The average Bonchev–Trinajstić information content (AvgIpc) is 3.44. The Morgan fingerprint density at radius 2 is 1.89 bits per heavy atom. The number of nitrogens with zero attached hydrogens (tertiary/aromatic N) is 2. The Bertz CT molecular complexity index is 1350. The van der Waals surface area contributed by atoms with Crippen LogP contribution < -0.4 is 11.1 Å². The van der Waals surface area contributed by atoms with E-state index in [1.807, 2.05) is 24.3 Å². The fraction of sp³-hybridized carbons (Fsp3) is 0.385. The highest BCUT2D eigenvalue weighted by Crippen LogP contribution is 2.33. The van der Waals surface area contributed by atoms with Gasteiger partial charge in [-0.2, -0.15) is 0 Å². The fourth-order valence-electron chi connectivity index (χ4n) is 5.21. The number of ether oxygens (including phenoxy) is 2. The number of pyridine rings is 1. The predicted molar refractivity (Wildman–Crippen MR) is 130 cm³/mol. The van der Waals surface area contributed by atoms with Crippen LogP contribution in [0.5, 0.6) is 0 Å². The molecule has 38 heavy (non-hydrogen) atoms. The van der Waals surface area contributed by atoms with Crippen LogP contribution >= 0.6 is 0 Å². The summed E-state index contributed by atoms with van der Waals surface area (Å²) in [5.74, 6) is -7.02. The van der Waals surface area contributed by atoms with Crippen molar-refractivity contribution in [2.24, 2.45) is 5.73 Å². The summed E-state index contributed by atoms with van der Waals surface area (Å²) in [5, 5.41) is 14.6. The van der Waals surface area contributed by atoms with Gasteiger partial charge in [0.25, 0.3) is 11.8 Å². The van der Waals surface area contributed by atoms with Crippen molar-refractivity contribution in [3.63, 3.8) is 0 Å². The number of rotatable bonds is 5. The normalized spacial score (nSPS) is 28.8. The zero-order valence-corrected chi connectivity index (χ0v) is 20.2. The summed E-state index contributed by atoms with van der Waals surface area (Å²) in [6.07, 6.45) is 4.46. The molecule has 5 atom stereocenters. The van der Waals surface area contributed by atoms with E-state index in [-0.39, 0.29) is 24.6 Å². The number of fused-ring (bicyclic) bond motifs is 2. The van der Waals surface area contributed by atoms with E-state index in [0.717, 1.165) is 5.39 Å². The third kappa shape index (κ3) is 4.47. The number of aliphatic hydroxyl groups is 1. The Labute approximate surface area is 216 Å². The molecule has 3 aliphatic heterocycles. The lowest BCUT2D eigenvalue weighted by molar-refractivity contribution is -0.220. The number of nitrogens with two attached hydrogens (primary N) is 1. The van der Waals surface area contributed by atoms with Gasteiger partial charge in [-0.05, 0) is 37.1 Å². The average molecular weight is 523 g/mol. The van der Waals surface area contributed by atoms with E-state index in [0.29, 0.717) is 18.2 Å². The molecule has 0 saturated carbocycles. The van der Waals surface area contributed by atoms with E-state index >= 15 is 0 Å². The van der Waals surface area contributed by atoms with Gasteiger partial charge in [-0.3, -0.25) is 24.2 Å². The van der Waals surface area contributed by atoms with Gasteiger partial charge in [0.1, 0.15) is 17.8 Å². The number of esters is 2. The number of amides is 3. The second-order valence-electron chi connectivity index (χ2n) is 9.51. The lowest BCUT2D eigenvalue weighted by atomic mass is 10.0. The van der Waals surface area contributed by atoms with Gasteiger partial charge in [0, 0.05) is 17.6 Å². The molecule has 0 radical (unpaired) electrons. The molecule has 12 heteroatoms. The Hall–Kier alpha value is -4.32. The Morgan fingerprint density at radius 3 is 2.68 bits per heavy atom. The van der Waals surface area contributed by atoms with Gasteiger partial charge in [0.15, 0.2) is 6.10 Å². The standard InChI is InChI=1S/C26H26N4O8/c27-25(35)26(36)19(13-20(31)38-26)37-24(34)18-10-9-15-6-2-4-8-17(23(33)30(15)18)29-22(32)21-16-7-3-1-5-14(16)11-12-28-21/h1-5,7,11-12,15,17-19,36H,6,8-10,13H2,(H2,27,35)(H,29,32). The summed E-state index contributed by atoms with van der Waals surface area (Å²) in [4.78, 5) is 69.0. The first-order valence-corrected chi connectivity index (χ1v) is 12.3. The summed E-state index contributed by atoms with van der Waals surface area (Å²) in [7, 11) is 0. The van der Waals surface area contributed by atoms with Crippen molar-refractivity contribution in [1.82, 2.24) is 15.2 Å². The highest BCUT2D eigenvalue weighted by Gasteiger charge is 2.57. The number of benzene rings is 1. The van der Waals surface area contributed by atoms with Crippen molar-refractivity contribution in [3.8, 4) is 0 Å². The zero-order chi connectivity index (χ0) is 27.0. The molecule has 3 aliphatic rings. The van der Waals surface area contributed by atoms with Crippen LogP contribution in [0.4, 0.5) is 0 Å². The van der Waals surface area contributed by atoms with Crippen LogP contribution in [0, 0.1) is 0 Å². The zero-order valence-electron chi connectivity index (χ0n) is 20.2. The number of carbonyl (C=O) groups excluding carboxylic acids is 5. The van der Waals surface area contributed by atoms with Crippen molar-refractivity contribution in [1.29, 1.82) is 0 Å². The van der Waals surface area contributed by atoms with Crippen molar-refractivity contribution in [2.45, 2.75) is 62.1 Å². The van der Waals surface area contributed by atoms with Gasteiger partial charge < -0.3 is 30.5 Å². The molecule has 5 rings (SSSR count). The fourth-order valence-corrected chi connectivity index (χ4v) is 5.21. The molecule has 2 saturated heterocycles. The molecule has 2 aromatic rings. The summed E-state index contributed by atoms with van der Waals surface area (Å²) in [5.41, 5.74) is 5.33. The van der Waals surface area contributed by atoms with Crippen molar-refractivity contribution < 1.29 is 38.6 Å². The van der Waals surface area contributed by atoms with Crippen LogP contribution in [0.15, 0.2) is 48.7 Å². The maximum atomic E-state index is 13.7. The smallest absolute Gasteiger partial charge is 0.329 e. The molecule has 3 amide bonds. The number of nitrogens with one attached hydrogen (secondary N) is 1. The molecule has 4 heterocycles. The topological polar surface area (TPSA) is 178 Å². The molecule has 5 unspecified atom stereocenters. The minimum Gasteiger partial charge on any atom is -0.453 e. The van der Waals surface area contributed by atoms with Crippen LogP contribution in [-0.2, 0) is 28.7 Å². The molecular formula is C26H26N4O8. The minimum atomic E-state index is -2.78. The molecule has 0 bridgehead atoms. The first kappa shape index (κ1) is 25.3. The molecule has 0 spiro atoms. The molecular weight excluding hydrogens is 496 g/mol. The molecule has 0 aliphatic carbocycles. The van der Waals surface area contributed by atoms with Gasteiger partial charge in [0.2, 0.25) is 5.91 Å². The molecule has 12 nitrogen and oxygen atoms in total. The quantitative estimate of drug-likeness (QED) is 0.362. The first-order valence-electron chi connectivity index (χ1n) is 12.3. The lowest BCUT2D eigenvalue weighted by Gasteiger charge is -2.34. The second-order valence-corrected chi connectivity index (χ2v) is 9.51. The number of cyclic esters (lactones) is 1. The van der Waals surface area contributed by atoms with Crippen LogP contribution in [0.25, 0.3) is 10.8 Å². The van der Waals surface area contributed by atoms with E-state index in [1.165, 1.54) is 11.1 Å². The van der Waals surface area contributed by atoms with Crippen molar-refractivity contribution in [2.75, 3.05) is 0 Å². The molecule has 4 N–H and O–H groups in total. The summed E-state index contributed by atoms with van der Waals surface area (Å²) in [6.45, 7) is 0. The lowest BCUT2D eigenvalue weighted by Crippen LogP contribution is -2.56. The minimum absolute atomic E-state index is 0.174. The predicted octanol–water partition coefficient (Wildman–Crippen LogP) is 0.0754. The number of aromatic nitrogens is 1. The van der Waals surface area contributed by atoms with Gasteiger partial charge in [-0.25, -0.2) is 4.79 Å². The number of hydrogen-bond donors (Lipinski definition) is 3. The monoisotopic (exact) mass is 522 g/mol. The highest BCUT2D eigenvalue weighted by molar-refractivity contribution is 6.06. The first-order chi connectivity index (χ1) is 18.2. The van der Waals surface area contributed by atoms with E-state index in [4.69, 9.17) is 10.5 Å². The van der Waals surface area contributed by atoms with Crippen molar-refractivity contribution >= 4 is 40.4 Å². The molecule has 2 fully saturated rings. The van der Waals surface area contributed by atoms with Crippen LogP contribution in [0.3, 0.4) is 0 Å². The van der Waals surface area contributed by atoms with Crippen LogP contribution in [-0.4, -0.2) is 74.7 Å².